The number of benzene rings is 1. The standard InChI is InChI=1S/C14H13N5OS/c1-8-2-6-10(7-3-8)15-12(20)13-18-19-11(9-4-5-9)16-17-14(19)21-13/h2-3,6-7,9H,4-5H2,1H3,(H,15,20). The van der Waals surface area contributed by atoms with E-state index in [9.17, 15) is 4.79 Å². The number of nitrogens with zero attached hydrogens (tertiary/aromatic N) is 4. The van der Waals surface area contributed by atoms with Gasteiger partial charge in [-0.3, -0.25) is 4.79 Å². The van der Waals surface area contributed by atoms with E-state index in [1.54, 1.807) is 4.52 Å². The molecule has 1 saturated carbocycles. The molecule has 0 saturated heterocycles. The average molecular weight is 299 g/mol. The van der Waals surface area contributed by atoms with Crippen LogP contribution >= 0.6 is 11.3 Å². The Morgan fingerprint density at radius 2 is 2.05 bits per heavy atom. The maximum atomic E-state index is 12.2. The van der Waals surface area contributed by atoms with Crippen LogP contribution in [0.2, 0.25) is 0 Å². The van der Waals surface area contributed by atoms with Crippen LogP contribution in [0.4, 0.5) is 5.69 Å². The van der Waals surface area contributed by atoms with Crippen LogP contribution in [0.5, 0.6) is 0 Å². The number of carbonyl (C=O) groups excluding carboxylic acids is 1. The van der Waals surface area contributed by atoms with Crippen LogP contribution in [-0.2, 0) is 0 Å². The molecular weight excluding hydrogens is 286 g/mol. The van der Waals surface area contributed by atoms with Crippen LogP contribution in [0.1, 0.15) is 39.9 Å². The van der Waals surface area contributed by atoms with Gasteiger partial charge in [0.25, 0.3) is 5.91 Å². The Balaban J connectivity index is 1.60. The van der Waals surface area contributed by atoms with Crippen molar-refractivity contribution in [2.75, 3.05) is 5.32 Å². The molecule has 7 heteroatoms. The predicted molar refractivity (Wildman–Crippen MR) is 79.8 cm³/mol. The molecule has 2 aromatic heterocycles. The number of fused-ring (bicyclic) bond motifs is 1. The van der Waals surface area contributed by atoms with Crippen LogP contribution in [0.3, 0.4) is 0 Å². The van der Waals surface area contributed by atoms with Crippen molar-refractivity contribution in [2.45, 2.75) is 25.7 Å². The normalized spacial score (nSPS) is 14.5. The summed E-state index contributed by atoms with van der Waals surface area (Å²) in [5.74, 6) is 1.11. The zero-order chi connectivity index (χ0) is 14.4. The molecule has 1 N–H and O–H groups in total. The summed E-state index contributed by atoms with van der Waals surface area (Å²) in [7, 11) is 0. The third-order valence-corrected chi connectivity index (χ3v) is 4.36. The topological polar surface area (TPSA) is 72.2 Å². The maximum absolute atomic E-state index is 12.2. The third-order valence-electron chi connectivity index (χ3n) is 3.46. The highest BCUT2D eigenvalue weighted by Crippen LogP contribution is 2.39. The number of anilines is 1. The minimum atomic E-state index is -0.212. The zero-order valence-electron chi connectivity index (χ0n) is 11.4. The lowest BCUT2D eigenvalue weighted by atomic mass is 10.2. The summed E-state index contributed by atoms with van der Waals surface area (Å²) in [5, 5.41) is 15.8. The molecule has 106 valence electrons. The molecule has 1 aromatic carbocycles. The number of hydrogen-bond acceptors (Lipinski definition) is 5. The van der Waals surface area contributed by atoms with E-state index in [1.807, 2.05) is 31.2 Å². The van der Waals surface area contributed by atoms with Gasteiger partial charge >= 0.3 is 0 Å². The van der Waals surface area contributed by atoms with Crippen LogP contribution in [0, 0.1) is 6.92 Å². The fourth-order valence-electron chi connectivity index (χ4n) is 2.14. The predicted octanol–water partition coefficient (Wildman–Crippen LogP) is 2.62. The van der Waals surface area contributed by atoms with Gasteiger partial charge < -0.3 is 5.32 Å². The summed E-state index contributed by atoms with van der Waals surface area (Å²) in [6.45, 7) is 2.01. The fourth-order valence-corrected chi connectivity index (χ4v) is 2.88. The second-order valence-electron chi connectivity index (χ2n) is 5.25. The van der Waals surface area contributed by atoms with E-state index in [-0.39, 0.29) is 5.91 Å². The Labute approximate surface area is 124 Å². The number of hydrogen-bond donors (Lipinski definition) is 1. The van der Waals surface area contributed by atoms with Crippen LogP contribution < -0.4 is 5.32 Å². The minimum absolute atomic E-state index is 0.212. The molecule has 0 spiro atoms. The Hall–Kier alpha value is -2.28. The lowest BCUT2D eigenvalue weighted by Gasteiger charge is -2.02. The highest BCUT2D eigenvalue weighted by atomic mass is 32.1. The third kappa shape index (κ3) is 2.29. The second-order valence-corrected chi connectivity index (χ2v) is 6.21. The molecule has 21 heavy (non-hydrogen) atoms. The van der Waals surface area contributed by atoms with E-state index >= 15 is 0 Å². The van der Waals surface area contributed by atoms with Crippen molar-refractivity contribution in [3.05, 3.63) is 40.7 Å². The molecule has 6 nitrogen and oxygen atoms in total. The van der Waals surface area contributed by atoms with Crippen molar-refractivity contribution in [3.63, 3.8) is 0 Å². The van der Waals surface area contributed by atoms with E-state index in [0.29, 0.717) is 15.9 Å². The molecule has 3 aromatic rings. The molecule has 0 bridgehead atoms. The largest absolute Gasteiger partial charge is 0.320 e. The summed E-state index contributed by atoms with van der Waals surface area (Å²) in [4.78, 5) is 12.9. The van der Waals surface area contributed by atoms with E-state index in [2.05, 4.69) is 20.6 Å². The molecule has 1 amide bonds. The molecule has 0 aliphatic heterocycles. The molecule has 4 rings (SSSR count). The quantitative estimate of drug-likeness (QED) is 0.807. The van der Waals surface area contributed by atoms with Crippen molar-refractivity contribution < 1.29 is 4.79 Å². The molecular formula is C14H13N5OS. The van der Waals surface area contributed by atoms with Gasteiger partial charge in [-0.15, -0.1) is 15.3 Å². The first kappa shape index (κ1) is 12.5. The lowest BCUT2D eigenvalue weighted by Crippen LogP contribution is -2.12. The second kappa shape index (κ2) is 4.63. The van der Waals surface area contributed by atoms with Gasteiger partial charge in [-0.05, 0) is 31.9 Å². The monoisotopic (exact) mass is 299 g/mol. The van der Waals surface area contributed by atoms with Crippen molar-refractivity contribution in [3.8, 4) is 0 Å². The summed E-state index contributed by atoms with van der Waals surface area (Å²) >= 11 is 1.26. The number of carbonyl (C=O) groups is 1. The molecule has 2 heterocycles. The van der Waals surface area contributed by atoms with Crippen molar-refractivity contribution in [1.82, 2.24) is 19.8 Å². The number of aromatic nitrogens is 4. The molecule has 1 aliphatic carbocycles. The maximum Gasteiger partial charge on any atom is 0.286 e. The van der Waals surface area contributed by atoms with Crippen molar-refractivity contribution >= 4 is 27.9 Å². The van der Waals surface area contributed by atoms with E-state index in [0.717, 1.165) is 29.9 Å². The number of amides is 1. The molecule has 0 atom stereocenters. The van der Waals surface area contributed by atoms with Crippen molar-refractivity contribution in [1.29, 1.82) is 0 Å². The first-order valence-electron chi connectivity index (χ1n) is 6.81. The number of aryl methyl sites for hydroxylation is 1. The molecule has 0 radical (unpaired) electrons. The average Bonchev–Trinajstić information content (AvgIpc) is 3.09. The summed E-state index contributed by atoms with van der Waals surface area (Å²) < 4.78 is 1.70. The Bertz CT molecular complexity index is 816. The smallest absolute Gasteiger partial charge is 0.286 e. The van der Waals surface area contributed by atoms with Crippen LogP contribution in [-0.4, -0.2) is 25.7 Å². The van der Waals surface area contributed by atoms with E-state index in [1.165, 1.54) is 11.3 Å². The van der Waals surface area contributed by atoms with Gasteiger partial charge in [0, 0.05) is 11.6 Å². The number of nitrogens with one attached hydrogen (secondary N) is 1. The van der Waals surface area contributed by atoms with E-state index in [4.69, 9.17) is 0 Å². The summed E-state index contributed by atoms with van der Waals surface area (Å²) in [6.07, 6.45) is 2.26. The van der Waals surface area contributed by atoms with Crippen LogP contribution in [0.25, 0.3) is 4.96 Å². The first-order valence-corrected chi connectivity index (χ1v) is 7.62. The fraction of sp³-hybridized carbons (Fsp3) is 0.286. The lowest BCUT2D eigenvalue weighted by molar-refractivity contribution is 0.102. The molecule has 1 aliphatic rings. The van der Waals surface area contributed by atoms with Gasteiger partial charge in [-0.2, -0.15) is 4.52 Å². The zero-order valence-corrected chi connectivity index (χ0v) is 12.2. The highest BCUT2D eigenvalue weighted by Gasteiger charge is 2.30. The van der Waals surface area contributed by atoms with Gasteiger partial charge in [-0.25, -0.2) is 0 Å². The van der Waals surface area contributed by atoms with Crippen LogP contribution in [0.15, 0.2) is 24.3 Å². The van der Waals surface area contributed by atoms with Gasteiger partial charge in [0.05, 0.1) is 0 Å². The Morgan fingerprint density at radius 1 is 1.29 bits per heavy atom. The Kier molecular flexibility index (Phi) is 2.75. The summed E-state index contributed by atoms with van der Waals surface area (Å²) in [6, 6.07) is 7.67. The SMILES string of the molecule is Cc1ccc(NC(=O)c2nn3c(C4CC4)nnc3s2)cc1. The van der Waals surface area contributed by atoms with Gasteiger partial charge in [0.1, 0.15) is 0 Å². The van der Waals surface area contributed by atoms with Crippen molar-refractivity contribution in [2.24, 2.45) is 0 Å². The summed E-state index contributed by atoms with van der Waals surface area (Å²) in [5.41, 5.74) is 1.92. The highest BCUT2D eigenvalue weighted by molar-refractivity contribution is 7.18. The Morgan fingerprint density at radius 3 is 2.76 bits per heavy atom. The van der Waals surface area contributed by atoms with Gasteiger partial charge in [0.15, 0.2) is 5.82 Å². The molecule has 1 fully saturated rings. The van der Waals surface area contributed by atoms with Gasteiger partial charge in [-0.1, -0.05) is 29.0 Å². The number of rotatable bonds is 3. The first-order chi connectivity index (χ1) is 10.2. The molecule has 0 unspecified atom stereocenters. The van der Waals surface area contributed by atoms with E-state index < -0.39 is 0 Å². The minimum Gasteiger partial charge on any atom is -0.320 e. The van der Waals surface area contributed by atoms with Gasteiger partial charge in [0.2, 0.25) is 9.97 Å².